The fourth-order valence-corrected chi connectivity index (χ4v) is 5.52. The Morgan fingerprint density at radius 1 is 0.868 bits per heavy atom. The van der Waals surface area contributed by atoms with Crippen LogP contribution in [0.4, 0.5) is 5.69 Å². The molecule has 38 heavy (non-hydrogen) atoms. The normalized spacial score (nSPS) is 12.5. The molecular weight excluding hydrogens is 498 g/mol. The van der Waals surface area contributed by atoms with E-state index in [0.717, 1.165) is 21.0 Å². The molecule has 0 aromatic heterocycles. The molecule has 7 nitrogen and oxygen atoms in total. The van der Waals surface area contributed by atoms with E-state index in [1.165, 1.54) is 17.0 Å². The van der Waals surface area contributed by atoms with Crippen molar-refractivity contribution in [1.29, 1.82) is 0 Å². The predicted octanol–water partition coefficient (Wildman–Crippen LogP) is 4.83. The van der Waals surface area contributed by atoms with Crippen molar-refractivity contribution in [2.75, 3.05) is 10.8 Å². The Bertz CT molecular complexity index is 1380. The lowest BCUT2D eigenvalue weighted by Crippen LogP contribution is -2.54. The van der Waals surface area contributed by atoms with Gasteiger partial charge in [0, 0.05) is 12.1 Å². The molecule has 1 N–H and O–H groups in total. The number of aryl methyl sites for hydroxylation is 2. The number of hydrogen-bond donors (Lipinski definition) is 1. The molecule has 8 heteroatoms. The summed E-state index contributed by atoms with van der Waals surface area (Å²) in [7, 11) is -4.07. The van der Waals surface area contributed by atoms with Crippen molar-refractivity contribution in [3.8, 4) is 0 Å². The van der Waals surface area contributed by atoms with Crippen LogP contribution in [-0.4, -0.2) is 43.3 Å². The third-order valence-electron chi connectivity index (χ3n) is 6.00. The molecule has 0 aliphatic carbocycles. The Labute approximate surface area is 226 Å². The van der Waals surface area contributed by atoms with E-state index in [1.807, 2.05) is 65.0 Å². The minimum Gasteiger partial charge on any atom is -0.350 e. The smallest absolute Gasteiger partial charge is 0.264 e. The minimum atomic E-state index is -4.07. The molecule has 3 rings (SSSR count). The first-order chi connectivity index (χ1) is 17.8. The van der Waals surface area contributed by atoms with E-state index in [0.29, 0.717) is 5.69 Å². The summed E-state index contributed by atoms with van der Waals surface area (Å²) in [5.41, 5.74) is 2.62. The van der Waals surface area contributed by atoms with E-state index in [9.17, 15) is 18.0 Å². The second kappa shape index (κ2) is 11.8. The molecule has 3 aromatic rings. The Hall–Kier alpha value is -3.65. The fourth-order valence-electron chi connectivity index (χ4n) is 4.10. The molecule has 202 valence electrons. The Morgan fingerprint density at radius 2 is 1.47 bits per heavy atom. The maximum Gasteiger partial charge on any atom is 0.264 e. The van der Waals surface area contributed by atoms with E-state index < -0.39 is 34.1 Å². The summed E-state index contributed by atoms with van der Waals surface area (Å²) in [6.45, 7) is 10.8. The highest BCUT2D eigenvalue weighted by atomic mass is 32.2. The van der Waals surface area contributed by atoms with Crippen LogP contribution in [0.25, 0.3) is 0 Å². The van der Waals surface area contributed by atoms with Crippen molar-refractivity contribution in [1.82, 2.24) is 10.2 Å². The lowest BCUT2D eigenvalue weighted by molar-refractivity contribution is -0.140. The van der Waals surface area contributed by atoms with Gasteiger partial charge >= 0.3 is 0 Å². The third-order valence-corrected chi connectivity index (χ3v) is 7.79. The van der Waals surface area contributed by atoms with Gasteiger partial charge in [-0.15, -0.1) is 0 Å². The molecule has 0 unspecified atom stereocenters. The van der Waals surface area contributed by atoms with Crippen molar-refractivity contribution in [3.05, 3.63) is 95.6 Å². The van der Waals surface area contributed by atoms with Crippen molar-refractivity contribution in [2.24, 2.45) is 0 Å². The molecule has 0 fully saturated rings. The molecule has 0 radical (unpaired) electrons. The molecule has 1 atom stereocenters. The van der Waals surface area contributed by atoms with Crippen molar-refractivity contribution < 1.29 is 18.0 Å². The number of hydrogen-bond acceptors (Lipinski definition) is 4. The number of carbonyl (C=O) groups excluding carboxylic acids is 2. The second-order valence-electron chi connectivity index (χ2n) is 10.6. The summed E-state index contributed by atoms with van der Waals surface area (Å²) < 4.78 is 28.7. The highest BCUT2D eigenvalue weighted by molar-refractivity contribution is 7.92. The van der Waals surface area contributed by atoms with Crippen LogP contribution in [0.5, 0.6) is 0 Å². The number of benzene rings is 3. The first kappa shape index (κ1) is 28.9. The molecule has 0 spiro atoms. The summed E-state index contributed by atoms with van der Waals surface area (Å²) in [6.07, 6.45) is 0. The van der Waals surface area contributed by atoms with Gasteiger partial charge in [-0.3, -0.25) is 13.9 Å². The standard InChI is InChI=1S/C30H37N3O4S/c1-22-12-10-14-25(18-22)20-32(24(3)29(35)31-30(4,5)6)28(34)21-33(26-15-11-13-23(2)19-26)38(36,37)27-16-8-7-9-17-27/h7-19,24H,20-21H2,1-6H3,(H,31,35)/t24-/m1/s1. The number of nitrogens with zero attached hydrogens (tertiary/aromatic N) is 2. The third kappa shape index (κ3) is 7.44. The van der Waals surface area contributed by atoms with Gasteiger partial charge in [-0.1, -0.05) is 60.2 Å². The van der Waals surface area contributed by atoms with E-state index in [1.54, 1.807) is 43.3 Å². The zero-order chi connectivity index (χ0) is 28.1. The molecule has 2 amide bonds. The molecule has 0 aliphatic heterocycles. The van der Waals surface area contributed by atoms with Crippen LogP contribution in [0.3, 0.4) is 0 Å². The van der Waals surface area contributed by atoms with Gasteiger partial charge in [0.2, 0.25) is 11.8 Å². The van der Waals surface area contributed by atoms with Crippen LogP contribution < -0.4 is 9.62 Å². The van der Waals surface area contributed by atoms with E-state index in [4.69, 9.17) is 0 Å². The van der Waals surface area contributed by atoms with Crippen LogP contribution in [-0.2, 0) is 26.2 Å². The van der Waals surface area contributed by atoms with Crippen molar-refractivity contribution in [3.63, 3.8) is 0 Å². The second-order valence-corrected chi connectivity index (χ2v) is 12.5. The zero-order valence-corrected chi connectivity index (χ0v) is 23.7. The SMILES string of the molecule is Cc1cccc(CN(C(=O)CN(c2cccc(C)c2)S(=O)(=O)c2ccccc2)[C@H](C)C(=O)NC(C)(C)C)c1. The topological polar surface area (TPSA) is 86.8 Å². The molecule has 0 saturated heterocycles. The van der Waals surface area contributed by atoms with Gasteiger partial charge in [0.1, 0.15) is 12.6 Å². The summed E-state index contributed by atoms with van der Waals surface area (Å²) in [5, 5.41) is 2.94. The number of sulfonamides is 1. The maximum absolute atomic E-state index is 13.9. The largest absolute Gasteiger partial charge is 0.350 e. The monoisotopic (exact) mass is 535 g/mol. The number of anilines is 1. The molecule has 0 aliphatic rings. The predicted molar refractivity (Wildman–Crippen MR) is 151 cm³/mol. The van der Waals surface area contributed by atoms with Crippen LogP contribution >= 0.6 is 0 Å². The average Bonchev–Trinajstić information content (AvgIpc) is 2.84. The Kier molecular flexibility index (Phi) is 8.99. The highest BCUT2D eigenvalue weighted by Gasteiger charge is 2.33. The number of nitrogens with one attached hydrogen (secondary N) is 1. The molecule has 3 aromatic carbocycles. The van der Waals surface area contributed by atoms with Gasteiger partial charge < -0.3 is 10.2 Å². The van der Waals surface area contributed by atoms with Gasteiger partial charge in [0.05, 0.1) is 10.6 Å². The van der Waals surface area contributed by atoms with Crippen LogP contribution in [0.2, 0.25) is 0 Å². The average molecular weight is 536 g/mol. The minimum absolute atomic E-state index is 0.0815. The quantitative estimate of drug-likeness (QED) is 0.425. The van der Waals surface area contributed by atoms with Gasteiger partial charge in [-0.05, 0) is 76.9 Å². The summed E-state index contributed by atoms with van der Waals surface area (Å²) >= 11 is 0. The van der Waals surface area contributed by atoms with Gasteiger partial charge in [0.25, 0.3) is 10.0 Å². The van der Waals surface area contributed by atoms with Gasteiger partial charge in [-0.2, -0.15) is 0 Å². The number of rotatable bonds is 9. The van der Waals surface area contributed by atoms with Crippen LogP contribution in [0.15, 0.2) is 83.8 Å². The van der Waals surface area contributed by atoms with Crippen LogP contribution in [0.1, 0.15) is 44.4 Å². The Morgan fingerprint density at radius 3 is 2.05 bits per heavy atom. The van der Waals surface area contributed by atoms with Gasteiger partial charge in [-0.25, -0.2) is 8.42 Å². The van der Waals surface area contributed by atoms with E-state index >= 15 is 0 Å². The summed E-state index contributed by atoms with van der Waals surface area (Å²) in [6, 6.07) is 21.9. The number of carbonyl (C=O) groups is 2. The Balaban J connectivity index is 2.03. The summed E-state index contributed by atoms with van der Waals surface area (Å²) in [4.78, 5) is 28.6. The molecule has 0 saturated carbocycles. The van der Waals surface area contributed by atoms with E-state index in [2.05, 4.69) is 5.32 Å². The fraction of sp³-hybridized carbons (Fsp3) is 0.333. The van der Waals surface area contributed by atoms with Crippen molar-refractivity contribution in [2.45, 2.75) is 64.6 Å². The lowest BCUT2D eigenvalue weighted by Gasteiger charge is -2.33. The molecule has 0 bridgehead atoms. The highest BCUT2D eigenvalue weighted by Crippen LogP contribution is 2.25. The first-order valence-corrected chi connectivity index (χ1v) is 14.0. The zero-order valence-electron chi connectivity index (χ0n) is 22.9. The lowest BCUT2D eigenvalue weighted by atomic mass is 10.1. The molecule has 0 heterocycles. The number of amides is 2. The maximum atomic E-state index is 13.9. The molecular formula is C30H37N3O4S. The van der Waals surface area contributed by atoms with Crippen LogP contribution in [0, 0.1) is 13.8 Å². The van der Waals surface area contributed by atoms with Crippen molar-refractivity contribution >= 4 is 27.5 Å². The van der Waals surface area contributed by atoms with E-state index in [-0.39, 0.29) is 17.3 Å². The summed E-state index contributed by atoms with van der Waals surface area (Å²) in [5.74, 6) is -0.796. The van der Waals surface area contributed by atoms with Gasteiger partial charge in [0.15, 0.2) is 0 Å². The first-order valence-electron chi connectivity index (χ1n) is 12.6.